The van der Waals surface area contributed by atoms with Gasteiger partial charge in [0, 0.05) is 18.8 Å². The monoisotopic (exact) mass is 321 g/mol. The van der Waals surface area contributed by atoms with E-state index >= 15 is 0 Å². The normalized spacial score (nSPS) is 15.7. The van der Waals surface area contributed by atoms with Gasteiger partial charge < -0.3 is 10.0 Å². The largest absolute Gasteiger partial charge is 0.481 e. The number of rotatable bonds is 5. The predicted molar refractivity (Wildman–Crippen MR) is 81.1 cm³/mol. The maximum absolute atomic E-state index is 12.8. The van der Waals surface area contributed by atoms with Crippen LogP contribution in [0.3, 0.4) is 0 Å². The van der Waals surface area contributed by atoms with E-state index < -0.39 is 11.9 Å². The lowest BCUT2D eigenvalue weighted by atomic mass is 10.1. The number of carboxylic acids is 1. The Kier molecular flexibility index (Phi) is 3.78. The van der Waals surface area contributed by atoms with E-state index in [1.807, 2.05) is 0 Å². The molecule has 1 aliphatic rings. The van der Waals surface area contributed by atoms with Gasteiger partial charge in [-0.25, -0.2) is 4.52 Å². The van der Waals surface area contributed by atoms with Crippen LogP contribution in [0, 0.1) is 5.92 Å². The lowest BCUT2D eigenvalue weighted by Crippen LogP contribution is -2.38. The summed E-state index contributed by atoms with van der Waals surface area (Å²) < 4.78 is 1.56. The quantitative estimate of drug-likeness (QED) is 0.917. The molecule has 22 heavy (non-hydrogen) atoms. The number of carbonyl (C=O) groups excluding carboxylic acids is 1. The standard InChI is InChI=1S/C15H16ClN3O3/c1-9(15(21)22)8-18(10-4-5-10)14(20)11-7-17-19-6-2-3-12(16)13(11)19/h2-3,6-7,9-10H,4-5,8H2,1H3,(H,21,22). The highest BCUT2D eigenvalue weighted by molar-refractivity contribution is 6.34. The highest BCUT2D eigenvalue weighted by Crippen LogP contribution is 2.31. The van der Waals surface area contributed by atoms with Gasteiger partial charge in [-0.05, 0) is 25.0 Å². The molecule has 0 spiro atoms. The van der Waals surface area contributed by atoms with Gasteiger partial charge in [0.05, 0.1) is 28.2 Å². The predicted octanol–water partition coefficient (Wildman–Crippen LogP) is 2.31. The summed E-state index contributed by atoms with van der Waals surface area (Å²) in [6.45, 7) is 1.80. The fourth-order valence-corrected chi connectivity index (χ4v) is 2.73. The molecule has 1 saturated carbocycles. The Morgan fingerprint density at radius 3 is 2.91 bits per heavy atom. The Bertz CT molecular complexity index is 739. The van der Waals surface area contributed by atoms with Crippen LogP contribution >= 0.6 is 11.6 Å². The van der Waals surface area contributed by atoms with Crippen molar-refractivity contribution < 1.29 is 14.7 Å². The molecule has 3 rings (SSSR count). The van der Waals surface area contributed by atoms with Gasteiger partial charge in [-0.1, -0.05) is 18.5 Å². The lowest BCUT2D eigenvalue weighted by molar-refractivity contribution is -0.141. The topological polar surface area (TPSA) is 74.9 Å². The molecule has 2 heterocycles. The van der Waals surface area contributed by atoms with Gasteiger partial charge in [0.1, 0.15) is 0 Å². The first-order valence-corrected chi connectivity index (χ1v) is 7.52. The van der Waals surface area contributed by atoms with Crippen molar-refractivity contribution in [2.45, 2.75) is 25.8 Å². The Hall–Kier alpha value is -2.08. The maximum atomic E-state index is 12.8. The van der Waals surface area contributed by atoms with Gasteiger partial charge in [-0.15, -0.1) is 0 Å². The number of aliphatic carboxylic acids is 1. The maximum Gasteiger partial charge on any atom is 0.308 e. The Balaban J connectivity index is 1.94. The molecule has 2 aromatic rings. The third kappa shape index (κ3) is 2.66. The molecule has 0 bridgehead atoms. The molecule has 1 fully saturated rings. The average molecular weight is 322 g/mol. The van der Waals surface area contributed by atoms with Gasteiger partial charge in [0.2, 0.25) is 0 Å². The molecule has 0 radical (unpaired) electrons. The first-order chi connectivity index (χ1) is 10.5. The van der Waals surface area contributed by atoms with Crippen LogP contribution in [0.15, 0.2) is 24.5 Å². The van der Waals surface area contributed by atoms with E-state index in [1.165, 1.54) is 6.20 Å². The van der Waals surface area contributed by atoms with Crippen LogP contribution in [0.1, 0.15) is 30.1 Å². The number of halogens is 1. The van der Waals surface area contributed by atoms with Crippen molar-refractivity contribution in [2.75, 3.05) is 6.54 Å². The molecule has 6 nitrogen and oxygen atoms in total. The summed E-state index contributed by atoms with van der Waals surface area (Å²) in [5.41, 5.74) is 0.970. The van der Waals surface area contributed by atoms with Crippen molar-refractivity contribution in [3.05, 3.63) is 35.1 Å². The van der Waals surface area contributed by atoms with Crippen LogP contribution < -0.4 is 0 Å². The second-order valence-corrected chi connectivity index (χ2v) is 6.04. The van der Waals surface area contributed by atoms with Crippen molar-refractivity contribution in [1.29, 1.82) is 0 Å². The molecule has 2 aromatic heterocycles. The summed E-state index contributed by atoms with van der Waals surface area (Å²) in [5, 5.41) is 13.7. The van der Waals surface area contributed by atoms with Crippen LogP contribution in [0.4, 0.5) is 0 Å². The third-order valence-corrected chi connectivity index (χ3v) is 4.17. The van der Waals surface area contributed by atoms with Gasteiger partial charge in [-0.2, -0.15) is 5.10 Å². The Morgan fingerprint density at radius 1 is 1.55 bits per heavy atom. The van der Waals surface area contributed by atoms with Crippen LogP contribution in [0.25, 0.3) is 5.52 Å². The summed E-state index contributed by atoms with van der Waals surface area (Å²) in [4.78, 5) is 25.5. The Labute approximate surface area is 132 Å². The van der Waals surface area contributed by atoms with E-state index in [-0.39, 0.29) is 18.5 Å². The smallest absolute Gasteiger partial charge is 0.308 e. The van der Waals surface area contributed by atoms with Crippen LogP contribution in [0.5, 0.6) is 0 Å². The number of pyridine rings is 1. The van der Waals surface area contributed by atoms with Crippen LogP contribution in [0.2, 0.25) is 5.02 Å². The zero-order chi connectivity index (χ0) is 15.9. The van der Waals surface area contributed by atoms with Gasteiger partial charge in [0.25, 0.3) is 5.91 Å². The molecule has 1 aliphatic carbocycles. The minimum atomic E-state index is -0.906. The van der Waals surface area contributed by atoms with Crippen molar-refractivity contribution in [1.82, 2.24) is 14.5 Å². The molecular weight excluding hydrogens is 306 g/mol. The minimum absolute atomic E-state index is 0.117. The molecule has 116 valence electrons. The van der Waals surface area contributed by atoms with Crippen molar-refractivity contribution >= 4 is 29.0 Å². The summed E-state index contributed by atoms with van der Waals surface area (Å²) in [6, 6.07) is 3.57. The fourth-order valence-electron chi connectivity index (χ4n) is 2.47. The zero-order valence-electron chi connectivity index (χ0n) is 12.1. The van der Waals surface area contributed by atoms with Gasteiger partial charge >= 0.3 is 5.97 Å². The number of hydrogen-bond acceptors (Lipinski definition) is 3. The van der Waals surface area contributed by atoms with Crippen molar-refractivity contribution in [3.8, 4) is 0 Å². The first kappa shape index (κ1) is 14.8. The molecule has 1 N–H and O–H groups in total. The SMILES string of the molecule is CC(CN(C(=O)c1cnn2cccc(Cl)c12)C1CC1)C(=O)O. The van der Waals surface area contributed by atoms with E-state index in [2.05, 4.69) is 5.10 Å². The first-order valence-electron chi connectivity index (χ1n) is 7.14. The van der Waals surface area contributed by atoms with Gasteiger partial charge in [-0.3, -0.25) is 9.59 Å². The number of amides is 1. The van der Waals surface area contributed by atoms with Crippen LogP contribution in [-0.4, -0.2) is 44.1 Å². The van der Waals surface area contributed by atoms with Crippen LogP contribution in [-0.2, 0) is 4.79 Å². The Morgan fingerprint density at radius 2 is 2.27 bits per heavy atom. The number of carbonyl (C=O) groups is 2. The van der Waals surface area contributed by atoms with E-state index in [0.717, 1.165) is 12.8 Å². The van der Waals surface area contributed by atoms with E-state index in [0.29, 0.717) is 16.1 Å². The second kappa shape index (κ2) is 5.61. The highest BCUT2D eigenvalue weighted by Gasteiger charge is 2.36. The number of fused-ring (bicyclic) bond motifs is 1. The molecular formula is C15H16ClN3O3. The van der Waals surface area contributed by atoms with E-state index in [9.17, 15) is 9.59 Å². The average Bonchev–Trinajstić information content (AvgIpc) is 3.22. The lowest BCUT2D eigenvalue weighted by Gasteiger charge is -2.24. The van der Waals surface area contributed by atoms with Crippen molar-refractivity contribution in [2.24, 2.45) is 5.92 Å². The minimum Gasteiger partial charge on any atom is -0.481 e. The number of carboxylic acid groups (broad SMARTS) is 1. The molecule has 0 aromatic carbocycles. The number of aromatic nitrogens is 2. The summed E-state index contributed by atoms with van der Waals surface area (Å²) in [7, 11) is 0. The third-order valence-electron chi connectivity index (χ3n) is 3.86. The molecule has 1 atom stereocenters. The van der Waals surface area contributed by atoms with Crippen molar-refractivity contribution in [3.63, 3.8) is 0 Å². The summed E-state index contributed by atoms with van der Waals surface area (Å²) in [6.07, 6.45) is 5.03. The fraction of sp³-hybridized carbons (Fsp3) is 0.400. The molecule has 7 heteroatoms. The molecule has 0 saturated heterocycles. The van der Waals surface area contributed by atoms with E-state index in [4.69, 9.17) is 16.7 Å². The zero-order valence-corrected chi connectivity index (χ0v) is 12.8. The van der Waals surface area contributed by atoms with Gasteiger partial charge in [0.15, 0.2) is 0 Å². The van der Waals surface area contributed by atoms with E-state index in [1.54, 1.807) is 34.7 Å². The number of hydrogen-bond donors (Lipinski definition) is 1. The molecule has 1 unspecified atom stereocenters. The highest BCUT2D eigenvalue weighted by atomic mass is 35.5. The number of nitrogens with zero attached hydrogens (tertiary/aromatic N) is 3. The summed E-state index contributed by atoms with van der Waals surface area (Å²) in [5.74, 6) is -1.73. The summed E-state index contributed by atoms with van der Waals surface area (Å²) >= 11 is 6.18. The molecule has 0 aliphatic heterocycles. The second-order valence-electron chi connectivity index (χ2n) is 5.64. The molecule has 1 amide bonds.